The van der Waals surface area contributed by atoms with Gasteiger partial charge in [-0.1, -0.05) is 212 Å². The minimum absolute atomic E-state index is 0.346. The Hall–Kier alpha value is -7.10. The summed E-state index contributed by atoms with van der Waals surface area (Å²) in [6.07, 6.45) is -0.346. The van der Waals surface area contributed by atoms with E-state index >= 15 is 0 Å². The van der Waals surface area contributed by atoms with Gasteiger partial charge in [0.1, 0.15) is 12.0 Å². The molecule has 0 fully saturated rings. The highest BCUT2D eigenvalue weighted by Crippen LogP contribution is 2.57. The molecule has 3 heteroatoms. The Labute approximate surface area is 322 Å². The number of hydrogen-bond donors (Lipinski definition) is 1. The van der Waals surface area contributed by atoms with Crippen LogP contribution in [0.5, 0.6) is 0 Å². The number of rotatable bonds is 7. The molecule has 8 aromatic rings. The number of amidine groups is 2. The van der Waals surface area contributed by atoms with Crippen molar-refractivity contribution in [1.29, 1.82) is 0 Å². The van der Waals surface area contributed by atoms with Gasteiger partial charge in [-0.2, -0.15) is 0 Å². The summed E-state index contributed by atoms with van der Waals surface area (Å²) < 4.78 is 0. The van der Waals surface area contributed by atoms with Crippen molar-refractivity contribution in [3.8, 4) is 33.4 Å². The number of hydrogen-bond acceptors (Lipinski definition) is 3. The van der Waals surface area contributed by atoms with Gasteiger partial charge in [-0.3, -0.25) is 0 Å². The van der Waals surface area contributed by atoms with Crippen LogP contribution in [0.1, 0.15) is 45.1 Å². The van der Waals surface area contributed by atoms with E-state index < -0.39 is 5.41 Å². The van der Waals surface area contributed by atoms with E-state index in [1.54, 1.807) is 0 Å². The van der Waals surface area contributed by atoms with Crippen molar-refractivity contribution in [3.63, 3.8) is 0 Å². The van der Waals surface area contributed by atoms with Gasteiger partial charge >= 0.3 is 0 Å². The fourth-order valence-electron chi connectivity index (χ4n) is 8.51. The Morgan fingerprint density at radius 1 is 0.382 bits per heavy atom. The maximum Gasteiger partial charge on any atom is 0.159 e. The molecular formula is C52H37N3. The monoisotopic (exact) mass is 703 g/mol. The smallest absolute Gasteiger partial charge is 0.159 e. The van der Waals surface area contributed by atoms with Gasteiger partial charge in [0.25, 0.3) is 0 Å². The van der Waals surface area contributed by atoms with Crippen molar-refractivity contribution < 1.29 is 0 Å². The SMILES string of the molecule is c1ccc(-c2ccc(C3=NC(c4ccc(-c5ccccc5)cc4)NC(c4cccc5c4-c4ccccc4C5(c4ccccc4)c4ccccc4)=N3)cc2)cc1. The molecular weight excluding hydrogens is 667 g/mol. The lowest BCUT2D eigenvalue weighted by molar-refractivity contribution is 0.674. The standard InChI is InChI=1S/C52H37N3/c1-5-16-36(17-6-1)38-28-32-40(33-29-38)49-53-50(41-34-30-39(31-35-41)37-18-7-2-8-19-37)55-51(54-49)45-25-15-27-47-48(45)44-24-13-14-26-46(44)52(47,42-20-9-3-10-21-42)43-22-11-4-12-23-43/h1-35,49H,(H,53,54,55). The third kappa shape index (κ3) is 5.60. The minimum atomic E-state index is -0.503. The summed E-state index contributed by atoms with van der Waals surface area (Å²) in [6, 6.07) is 75.8. The van der Waals surface area contributed by atoms with Crippen molar-refractivity contribution in [1.82, 2.24) is 5.32 Å². The highest BCUT2D eigenvalue weighted by molar-refractivity contribution is 6.16. The quantitative estimate of drug-likeness (QED) is 0.176. The lowest BCUT2D eigenvalue weighted by Gasteiger charge is -2.34. The molecule has 0 aromatic heterocycles. The number of benzene rings is 8. The molecule has 3 nitrogen and oxygen atoms in total. The van der Waals surface area contributed by atoms with Gasteiger partial charge in [0.15, 0.2) is 5.84 Å². The first-order chi connectivity index (χ1) is 27.3. The van der Waals surface area contributed by atoms with E-state index in [1.165, 1.54) is 50.1 Å². The summed E-state index contributed by atoms with van der Waals surface area (Å²) in [5, 5.41) is 3.81. The van der Waals surface area contributed by atoms with Crippen LogP contribution < -0.4 is 5.32 Å². The largest absolute Gasteiger partial charge is 0.344 e. The Balaban J connectivity index is 1.14. The van der Waals surface area contributed by atoms with Crippen LogP contribution >= 0.6 is 0 Å². The molecule has 0 radical (unpaired) electrons. The average molecular weight is 704 g/mol. The number of fused-ring (bicyclic) bond motifs is 3. The highest BCUT2D eigenvalue weighted by Gasteiger charge is 2.47. The summed E-state index contributed by atoms with van der Waals surface area (Å²) in [5.74, 6) is 1.50. The molecule has 1 unspecified atom stereocenters. The first kappa shape index (κ1) is 32.5. The lowest BCUT2D eigenvalue weighted by Crippen LogP contribution is -2.34. The molecule has 0 saturated heterocycles. The minimum Gasteiger partial charge on any atom is -0.344 e. The topological polar surface area (TPSA) is 36.8 Å². The molecule has 1 aliphatic carbocycles. The van der Waals surface area contributed by atoms with E-state index in [0.29, 0.717) is 5.84 Å². The van der Waals surface area contributed by atoms with E-state index in [4.69, 9.17) is 9.98 Å². The zero-order valence-corrected chi connectivity index (χ0v) is 30.2. The summed E-state index contributed by atoms with van der Waals surface area (Å²) in [6.45, 7) is 0. The molecule has 1 atom stereocenters. The number of aliphatic imine (C=N–C) groups is 2. The third-order valence-corrected chi connectivity index (χ3v) is 11.1. The van der Waals surface area contributed by atoms with Gasteiger partial charge in [0.05, 0.1) is 5.41 Å². The zero-order chi connectivity index (χ0) is 36.6. The Bertz CT molecular complexity index is 2640. The fourth-order valence-corrected chi connectivity index (χ4v) is 8.51. The molecule has 10 rings (SSSR count). The normalized spacial score (nSPS) is 15.2. The molecule has 1 heterocycles. The predicted octanol–water partition coefficient (Wildman–Crippen LogP) is 11.9. The molecule has 0 saturated carbocycles. The lowest BCUT2D eigenvalue weighted by atomic mass is 9.67. The van der Waals surface area contributed by atoms with Crippen LogP contribution in [0, 0.1) is 0 Å². The van der Waals surface area contributed by atoms with Crippen molar-refractivity contribution in [2.45, 2.75) is 11.6 Å². The van der Waals surface area contributed by atoms with Crippen LogP contribution in [-0.2, 0) is 5.41 Å². The molecule has 260 valence electrons. The fraction of sp³-hybridized carbons (Fsp3) is 0.0385. The van der Waals surface area contributed by atoms with Crippen molar-refractivity contribution >= 4 is 11.7 Å². The van der Waals surface area contributed by atoms with Crippen molar-refractivity contribution in [2.24, 2.45) is 9.98 Å². The molecule has 0 bridgehead atoms. The van der Waals surface area contributed by atoms with Gasteiger partial charge in [0.2, 0.25) is 0 Å². The van der Waals surface area contributed by atoms with Crippen LogP contribution in [0.2, 0.25) is 0 Å². The Morgan fingerprint density at radius 2 is 0.836 bits per heavy atom. The first-order valence-electron chi connectivity index (χ1n) is 18.9. The molecule has 0 spiro atoms. The van der Waals surface area contributed by atoms with E-state index in [9.17, 15) is 0 Å². The van der Waals surface area contributed by atoms with Crippen LogP contribution in [-0.4, -0.2) is 11.7 Å². The Morgan fingerprint density at radius 3 is 1.44 bits per heavy atom. The van der Waals surface area contributed by atoms with E-state index in [-0.39, 0.29) is 6.17 Å². The van der Waals surface area contributed by atoms with Crippen LogP contribution in [0.3, 0.4) is 0 Å². The molecule has 1 aliphatic heterocycles. The first-order valence-corrected chi connectivity index (χ1v) is 18.9. The summed E-state index contributed by atoms with van der Waals surface area (Å²) in [5.41, 5.74) is 14.7. The van der Waals surface area contributed by atoms with Gasteiger partial charge in [-0.15, -0.1) is 0 Å². The van der Waals surface area contributed by atoms with Crippen LogP contribution in [0.25, 0.3) is 33.4 Å². The second-order valence-electron chi connectivity index (χ2n) is 14.1. The predicted molar refractivity (Wildman–Crippen MR) is 226 cm³/mol. The van der Waals surface area contributed by atoms with Crippen molar-refractivity contribution in [2.75, 3.05) is 0 Å². The Kier molecular flexibility index (Phi) is 8.11. The number of nitrogens with zero attached hydrogens (tertiary/aromatic N) is 2. The second-order valence-corrected chi connectivity index (χ2v) is 14.1. The van der Waals surface area contributed by atoms with Gasteiger partial charge < -0.3 is 5.32 Å². The molecule has 1 N–H and O–H groups in total. The van der Waals surface area contributed by atoms with Gasteiger partial charge in [-0.25, -0.2) is 9.98 Å². The summed E-state index contributed by atoms with van der Waals surface area (Å²) in [4.78, 5) is 10.6. The van der Waals surface area contributed by atoms with Crippen LogP contribution in [0.4, 0.5) is 0 Å². The molecule has 55 heavy (non-hydrogen) atoms. The van der Waals surface area contributed by atoms with E-state index in [1.807, 2.05) is 6.07 Å². The second kappa shape index (κ2) is 13.7. The third-order valence-electron chi connectivity index (χ3n) is 11.1. The number of nitrogens with one attached hydrogen (secondary N) is 1. The van der Waals surface area contributed by atoms with Crippen LogP contribution in [0.15, 0.2) is 222 Å². The highest BCUT2D eigenvalue weighted by atomic mass is 15.2. The molecule has 8 aromatic carbocycles. The van der Waals surface area contributed by atoms with E-state index in [2.05, 4.69) is 212 Å². The average Bonchev–Trinajstić information content (AvgIpc) is 3.59. The molecule has 0 amide bonds. The summed E-state index contributed by atoms with van der Waals surface area (Å²) >= 11 is 0. The van der Waals surface area contributed by atoms with Crippen molar-refractivity contribution in [3.05, 3.63) is 251 Å². The van der Waals surface area contributed by atoms with E-state index in [0.717, 1.165) is 28.1 Å². The summed E-state index contributed by atoms with van der Waals surface area (Å²) in [7, 11) is 0. The zero-order valence-electron chi connectivity index (χ0n) is 30.2. The van der Waals surface area contributed by atoms with Gasteiger partial charge in [0, 0.05) is 11.1 Å². The maximum absolute atomic E-state index is 5.36. The maximum atomic E-state index is 5.36. The van der Waals surface area contributed by atoms with Gasteiger partial charge in [-0.05, 0) is 61.2 Å². The molecule has 2 aliphatic rings.